The van der Waals surface area contributed by atoms with Gasteiger partial charge in [0, 0.05) is 0 Å². The van der Waals surface area contributed by atoms with Crippen LogP contribution < -0.4 is 5.22 Å². The summed E-state index contributed by atoms with van der Waals surface area (Å²) in [6.45, 7) is 21.6. The third kappa shape index (κ3) is 5.77. The van der Waals surface area contributed by atoms with E-state index in [2.05, 4.69) is 140 Å². The molecule has 0 aliphatic heterocycles. The highest BCUT2D eigenvalue weighted by atomic mass is 14.6. The second-order valence-electron chi connectivity index (χ2n) is 25.0. The third-order valence-corrected chi connectivity index (χ3v) is 20.0. The van der Waals surface area contributed by atoms with Gasteiger partial charge in [0.15, 0.2) is 0 Å². The average molecular weight is 827 g/mol. The molecule has 7 aliphatic carbocycles. The lowest BCUT2D eigenvalue weighted by atomic mass is 9.48. The fourth-order valence-corrected chi connectivity index (χ4v) is 17.5. The molecule has 7 aliphatic rings. The number of allylic oxidation sites excluding steroid dienone is 1. The Morgan fingerprint density at radius 3 is 1.84 bits per heavy atom. The molecule has 6 atom stereocenters. The van der Waals surface area contributed by atoms with E-state index in [4.69, 9.17) is 0 Å². The van der Waals surface area contributed by atoms with Crippen molar-refractivity contribution < 1.29 is 0 Å². The molecule has 0 spiro atoms. The van der Waals surface area contributed by atoms with Crippen LogP contribution in [0.4, 0.5) is 0 Å². The molecule has 0 heteroatoms. The van der Waals surface area contributed by atoms with Crippen LogP contribution in [0.5, 0.6) is 0 Å². The lowest BCUT2D eigenvalue weighted by molar-refractivity contribution is -0.00508. The molecule has 0 radical (unpaired) electrons. The zero-order chi connectivity index (χ0) is 42.9. The predicted octanol–water partition coefficient (Wildman–Crippen LogP) is 16.8. The van der Waals surface area contributed by atoms with Crippen molar-refractivity contribution in [2.24, 2.45) is 52.8 Å². The molecule has 0 amide bonds. The van der Waals surface area contributed by atoms with Gasteiger partial charge in [-0.1, -0.05) is 132 Å². The van der Waals surface area contributed by atoms with Gasteiger partial charge in [0.1, 0.15) is 0 Å². The molecule has 2 unspecified atom stereocenters. The summed E-state index contributed by atoms with van der Waals surface area (Å²) in [5.41, 5.74) is 9.62. The molecular weight excluding hydrogens is 757 g/mol. The third-order valence-electron chi connectivity index (χ3n) is 20.0. The van der Waals surface area contributed by atoms with Gasteiger partial charge >= 0.3 is 0 Å². The van der Waals surface area contributed by atoms with Crippen LogP contribution in [0.15, 0.2) is 85.4 Å². The summed E-state index contributed by atoms with van der Waals surface area (Å²) in [4.78, 5) is 0. The summed E-state index contributed by atoms with van der Waals surface area (Å²) < 4.78 is 0. The van der Waals surface area contributed by atoms with Gasteiger partial charge in [-0.25, -0.2) is 0 Å². The van der Waals surface area contributed by atoms with E-state index in [0.717, 1.165) is 41.4 Å². The lowest BCUT2D eigenvalue weighted by Gasteiger charge is -2.57. The van der Waals surface area contributed by atoms with Crippen LogP contribution in [0.1, 0.15) is 152 Å². The van der Waals surface area contributed by atoms with Crippen LogP contribution in [0.3, 0.4) is 0 Å². The van der Waals surface area contributed by atoms with Gasteiger partial charge in [-0.15, -0.1) is 0 Å². The summed E-state index contributed by atoms with van der Waals surface area (Å²) in [6.07, 6.45) is 19.7. The van der Waals surface area contributed by atoms with Crippen molar-refractivity contribution in [1.82, 2.24) is 0 Å². The predicted molar refractivity (Wildman–Crippen MR) is 271 cm³/mol. The molecule has 0 nitrogen and oxygen atoms in total. The molecule has 14 rings (SSSR count). The Morgan fingerprint density at radius 2 is 1.19 bits per heavy atom. The van der Waals surface area contributed by atoms with Gasteiger partial charge in [-0.05, 0) is 247 Å². The van der Waals surface area contributed by atoms with E-state index in [1.807, 2.05) is 0 Å². The number of hydrogen-bond donors (Lipinski definition) is 0. The van der Waals surface area contributed by atoms with E-state index in [1.165, 1.54) is 158 Å². The molecular formula is C63H70. The van der Waals surface area contributed by atoms with Crippen molar-refractivity contribution in [3.05, 3.63) is 118 Å². The molecule has 0 saturated heterocycles. The van der Waals surface area contributed by atoms with Gasteiger partial charge in [0.25, 0.3) is 0 Å². The van der Waals surface area contributed by atoms with Crippen molar-refractivity contribution in [3.63, 3.8) is 0 Å². The zero-order valence-corrected chi connectivity index (χ0v) is 39.5. The highest BCUT2D eigenvalue weighted by Crippen LogP contribution is 2.66. The fourth-order valence-electron chi connectivity index (χ4n) is 17.5. The van der Waals surface area contributed by atoms with Crippen LogP contribution in [0.25, 0.3) is 65.5 Å². The Balaban J connectivity index is 0.823. The van der Waals surface area contributed by atoms with Crippen LogP contribution in [-0.4, -0.2) is 0 Å². The van der Waals surface area contributed by atoms with Crippen molar-refractivity contribution in [1.29, 1.82) is 0 Å². The topological polar surface area (TPSA) is 0 Å². The van der Waals surface area contributed by atoms with Crippen molar-refractivity contribution in [2.75, 3.05) is 0 Å². The van der Waals surface area contributed by atoms with Crippen LogP contribution in [0.2, 0.25) is 0 Å². The smallest absolute Gasteiger partial charge is 0.00213 e. The summed E-state index contributed by atoms with van der Waals surface area (Å²) in [6, 6.07) is 32.5. The second-order valence-corrected chi connectivity index (χ2v) is 25.0. The first-order valence-corrected chi connectivity index (χ1v) is 25.6. The maximum Gasteiger partial charge on any atom is -0.00213 e. The molecule has 322 valence electrons. The van der Waals surface area contributed by atoms with Gasteiger partial charge in [0.05, 0.1) is 0 Å². The van der Waals surface area contributed by atoms with Crippen molar-refractivity contribution in [3.8, 4) is 0 Å². The second kappa shape index (κ2) is 13.5. The first-order valence-electron chi connectivity index (χ1n) is 25.6. The maximum atomic E-state index is 4.55. The van der Waals surface area contributed by atoms with Gasteiger partial charge in [-0.3, -0.25) is 0 Å². The molecule has 7 aromatic carbocycles. The molecule has 0 aromatic heterocycles. The van der Waals surface area contributed by atoms with E-state index >= 15 is 0 Å². The highest BCUT2D eigenvalue weighted by molar-refractivity contribution is 6.24. The lowest BCUT2D eigenvalue weighted by Crippen LogP contribution is -2.48. The SMILES string of the molecule is C=C(C)c1ccc2cc(C34CC5CC(CC(C5)C3)C4)cc3cc/c(=C\C4CC[C@@H]5C6CC[C@H](c7cc(C)c8ccc9cc(C(C)(C)C)cc%10ccc7c8c9%10)C[C@@H]6C(C)(C)[C@@H]5C4)c1c23. The molecule has 7 saturated carbocycles. The minimum atomic E-state index is 0.131. The Bertz CT molecular complexity index is 3010. The minimum absolute atomic E-state index is 0.131. The Labute approximate surface area is 377 Å². The quantitative estimate of drug-likeness (QED) is 0.155. The van der Waals surface area contributed by atoms with E-state index in [1.54, 1.807) is 11.1 Å². The maximum absolute atomic E-state index is 4.55. The molecule has 0 heterocycles. The summed E-state index contributed by atoms with van der Waals surface area (Å²) in [5.74, 6) is 7.49. The number of fused-ring (bicyclic) bond motifs is 3. The Hall–Kier alpha value is -4.16. The number of benzene rings is 7. The molecule has 0 N–H and O–H groups in total. The molecule has 7 fully saturated rings. The Kier molecular flexibility index (Phi) is 8.38. The van der Waals surface area contributed by atoms with E-state index in [-0.39, 0.29) is 5.41 Å². The summed E-state index contributed by atoms with van der Waals surface area (Å²) in [7, 11) is 0. The number of rotatable bonds is 4. The molecule has 63 heavy (non-hydrogen) atoms. The van der Waals surface area contributed by atoms with Crippen LogP contribution >= 0.6 is 0 Å². The zero-order valence-electron chi connectivity index (χ0n) is 39.5. The molecule has 7 aromatic rings. The molecule has 4 bridgehead atoms. The van der Waals surface area contributed by atoms with Crippen LogP contribution in [0, 0.1) is 59.7 Å². The first kappa shape index (κ1) is 39.2. The van der Waals surface area contributed by atoms with E-state index in [9.17, 15) is 0 Å². The first-order chi connectivity index (χ1) is 30.2. The highest BCUT2D eigenvalue weighted by Gasteiger charge is 2.57. The summed E-state index contributed by atoms with van der Waals surface area (Å²) in [5, 5.41) is 16.1. The monoisotopic (exact) mass is 827 g/mol. The number of aryl methyl sites for hydroxylation is 1. The van der Waals surface area contributed by atoms with E-state index < -0.39 is 0 Å². The van der Waals surface area contributed by atoms with Gasteiger partial charge < -0.3 is 0 Å². The standard InChI is InChI=1S/C63H70/c1-35(2)49-17-13-46-30-48(63-32-38-22-39(33-63)24-40(23-38)34-63)29-43-11-10-42(59(49)57(43)46)25-37-9-16-51-52-19-12-41(31-56(52)62(7,8)55(51)26-37)54-21-36(3)50-18-14-44-27-47(61(4,5)6)28-45-15-20-53(54)60(50)58(44)45/h10-11,13-15,17-18,20-21,25,27-30,37-41,51-52,55-56H,1,9,12,16,19,22-24,26,31-34H2,2-8H3/b42-25+/t37?,38?,39?,40?,41-,51+,52?,55+,56-,63?/m0/s1. The van der Waals surface area contributed by atoms with Gasteiger partial charge in [-0.2, -0.15) is 0 Å². The van der Waals surface area contributed by atoms with Crippen molar-refractivity contribution >= 4 is 65.5 Å². The number of hydrogen-bond acceptors (Lipinski definition) is 0. The minimum Gasteiger partial charge on any atom is -0.0955 e. The fraction of sp³-hybridized carbons (Fsp3) is 0.492. The van der Waals surface area contributed by atoms with E-state index in [0.29, 0.717) is 22.7 Å². The Morgan fingerprint density at radius 1 is 0.619 bits per heavy atom. The van der Waals surface area contributed by atoms with Gasteiger partial charge in [0.2, 0.25) is 0 Å². The van der Waals surface area contributed by atoms with Crippen molar-refractivity contribution in [2.45, 2.75) is 142 Å². The van der Waals surface area contributed by atoms with Crippen LogP contribution in [-0.2, 0) is 10.8 Å². The largest absolute Gasteiger partial charge is 0.0955 e. The summed E-state index contributed by atoms with van der Waals surface area (Å²) >= 11 is 0. The average Bonchev–Trinajstić information content (AvgIpc) is 3.47. The normalized spacial score (nSPS) is 32.7.